The maximum absolute atomic E-state index is 14.7. The van der Waals surface area contributed by atoms with Gasteiger partial charge < -0.3 is 4.31 Å². The van der Waals surface area contributed by atoms with Gasteiger partial charge in [-0.05, 0) is 43.0 Å². The third-order valence-electron chi connectivity index (χ3n) is 4.44. The van der Waals surface area contributed by atoms with Crippen LogP contribution < -0.4 is 4.31 Å². The largest absolute Gasteiger partial charge is 0.311 e. The molecule has 0 radical (unpaired) electrons. The van der Waals surface area contributed by atoms with Crippen molar-refractivity contribution in [3.63, 3.8) is 0 Å². The maximum atomic E-state index is 14.7. The molecule has 0 amide bonds. The van der Waals surface area contributed by atoms with Crippen LogP contribution in [0.15, 0.2) is 58.7 Å². The molecule has 27 heavy (non-hydrogen) atoms. The van der Waals surface area contributed by atoms with Crippen molar-refractivity contribution in [2.24, 2.45) is 10.2 Å². The Hall–Kier alpha value is -2.28. The molecule has 1 saturated carbocycles. The van der Waals surface area contributed by atoms with Crippen molar-refractivity contribution < 1.29 is 13.2 Å². The highest BCUT2D eigenvalue weighted by molar-refractivity contribution is 8.01. The molecular weight excluding hydrogens is 371 g/mol. The van der Waals surface area contributed by atoms with Gasteiger partial charge in [-0.15, -0.1) is 0 Å². The molecule has 0 N–H and O–H groups in total. The molecule has 7 heteroatoms. The van der Waals surface area contributed by atoms with Gasteiger partial charge in [0.05, 0.1) is 12.3 Å². The maximum Gasteiger partial charge on any atom is 0.278 e. The van der Waals surface area contributed by atoms with E-state index in [1.165, 1.54) is 18.9 Å². The van der Waals surface area contributed by atoms with Crippen molar-refractivity contribution in [1.82, 2.24) is 0 Å². The molecule has 0 aromatic heterocycles. The quantitative estimate of drug-likeness (QED) is 0.589. The Bertz CT molecular complexity index is 879. The minimum atomic E-state index is -2.63. The minimum Gasteiger partial charge on any atom is -0.311 e. The van der Waals surface area contributed by atoms with E-state index in [0.29, 0.717) is 28.6 Å². The molecule has 1 fully saturated rings. The van der Waals surface area contributed by atoms with Crippen molar-refractivity contribution in [1.29, 1.82) is 0 Å². The Morgan fingerprint density at radius 2 is 1.85 bits per heavy atom. The van der Waals surface area contributed by atoms with Crippen LogP contribution in [0.2, 0.25) is 0 Å². The Morgan fingerprint density at radius 1 is 1.07 bits per heavy atom. The topological polar surface area (TPSA) is 28.0 Å². The molecular formula is C20H18F3N3S. The van der Waals surface area contributed by atoms with Crippen LogP contribution in [0.1, 0.15) is 30.4 Å². The SMILES string of the molecule is Fc1cc(C2=NN=C(C(F)F)C2)ccc1CN(SC1CC1)c1ccccc1. The molecule has 140 valence electrons. The number of para-hydroxylation sites is 1. The second-order valence-electron chi connectivity index (χ2n) is 6.60. The fourth-order valence-electron chi connectivity index (χ4n) is 2.79. The summed E-state index contributed by atoms with van der Waals surface area (Å²) in [6.07, 6.45) is -0.303. The zero-order valence-corrected chi connectivity index (χ0v) is 15.3. The number of benzene rings is 2. The van der Waals surface area contributed by atoms with Crippen LogP contribution in [0.3, 0.4) is 0 Å². The lowest BCUT2D eigenvalue weighted by Crippen LogP contribution is -2.16. The third kappa shape index (κ3) is 4.35. The summed E-state index contributed by atoms with van der Waals surface area (Å²) in [4.78, 5) is 0. The number of hydrogen-bond donors (Lipinski definition) is 0. The summed E-state index contributed by atoms with van der Waals surface area (Å²) in [6, 6.07) is 14.7. The van der Waals surface area contributed by atoms with Crippen molar-refractivity contribution in [2.45, 2.75) is 37.5 Å². The standard InChI is InChI=1S/C20H18F3N3S/c21-17-10-13(18-11-19(20(22)23)25-24-18)6-7-14(17)12-26(27-16-8-9-16)15-4-2-1-3-5-15/h1-7,10,16,20H,8-9,11-12H2. The van der Waals surface area contributed by atoms with Gasteiger partial charge in [0, 0.05) is 28.5 Å². The van der Waals surface area contributed by atoms with E-state index in [-0.39, 0.29) is 17.9 Å². The third-order valence-corrected chi connectivity index (χ3v) is 5.81. The fourth-order valence-corrected chi connectivity index (χ4v) is 3.96. The number of nitrogens with zero attached hydrogens (tertiary/aromatic N) is 3. The summed E-state index contributed by atoms with van der Waals surface area (Å²) in [5, 5.41) is 7.86. The molecule has 0 spiro atoms. The monoisotopic (exact) mass is 389 g/mol. The van der Waals surface area contributed by atoms with E-state index in [2.05, 4.69) is 14.5 Å². The van der Waals surface area contributed by atoms with Gasteiger partial charge in [-0.3, -0.25) is 0 Å². The molecule has 2 aliphatic rings. The molecule has 2 aromatic carbocycles. The number of anilines is 1. The van der Waals surface area contributed by atoms with Gasteiger partial charge in [0.1, 0.15) is 11.5 Å². The zero-order chi connectivity index (χ0) is 18.8. The van der Waals surface area contributed by atoms with Crippen molar-refractivity contribution in [2.75, 3.05) is 4.31 Å². The lowest BCUT2D eigenvalue weighted by atomic mass is 10.0. The smallest absolute Gasteiger partial charge is 0.278 e. The molecule has 1 aliphatic heterocycles. The first-order valence-corrected chi connectivity index (χ1v) is 9.63. The fraction of sp³-hybridized carbons (Fsp3) is 0.300. The highest BCUT2D eigenvalue weighted by Crippen LogP contribution is 2.39. The molecule has 0 atom stereocenters. The summed E-state index contributed by atoms with van der Waals surface area (Å²) in [6.45, 7) is 0.433. The van der Waals surface area contributed by atoms with Gasteiger partial charge in [-0.25, -0.2) is 13.2 Å². The summed E-state index contributed by atoms with van der Waals surface area (Å²) in [5.41, 5.74) is 2.20. The van der Waals surface area contributed by atoms with Crippen LogP contribution in [0.5, 0.6) is 0 Å². The minimum absolute atomic E-state index is 0.0376. The van der Waals surface area contributed by atoms with Crippen molar-refractivity contribution in [3.05, 3.63) is 65.5 Å². The van der Waals surface area contributed by atoms with E-state index in [1.807, 2.05) is 30.3 Å². The van der Waals surface area contributed by atoms with E-state index >= 15 is 0 Å². The van der Waals surface area contributed by atoms with Gasteiger partial charge in [0.25, 0.3) is 6.43 Å². The van der Waals surface area contributed by atoms with Crippen molar-refractivity contribution >= 4 is 29.1 Å². The van der Waals surface area contributed by atoms with Crippen molar-refractivity contribution in [3.8, 4) is 0 Å². The number of alkyl halides is 2. The second kappa shape index (κ2) is 7.76. The lowest BCUT2D eigenvalue weighted by Gasteiger charge is -2.24. The average Bonchev–Trinajstić information content (AvgIpc) is 3.35. The number of halogens is 3. The Balaban J connectivity index is 1.50. The van der Waals surface area contributed by atoms with Crippen LogP contribution in [0.4, 0.5) is 18.9 Å². The number of hydrogen-bond acceptors (Lipinski definition) is 4. The van der Waals surface area contributed by atoms with Crippen LogP contribution in [0, 0.1) is 5.82 Å². The van der Waals surface area contributed by atoms with Crippen LogP contribution in [-0.2, 0) is 6.54 Å². The predicted molar refractivity (Wildman–Crippen MR) is 104 cm³/mol. The average molecular weight is 389 g/mol. The van der Waals surface area contributed by atoms with Gasteiger partial charge >= 0.3 is 0 Å². The highest BCUT2D eigenvalue weighted by atomic mass is 32.2. The number of rotatable bonds is 7. The molecule has 4 rings (SSSR count). The van der Waals surface area contributed by atoms with Crippen LogP contribution in [-0.4, -0.2) is 23.1 Å². The first kappa shape index (κ1) is 18.1. The first-order chi connectivity index (χ1) is 13.1. The molecule has 2 aromatic rings. The van der Waals surface area contributed by atoms with Crippen LogP contribution >= 0.6 is 11.9 Å². The van der Waals surface area contributed by atoms with E-state index in [0.717, 1.165) is 5.69 Å². The van der Waals surface area contributed by atoms with Gasteiger partial charge in [-0.2, -0.15) is 10.2 Å². The lowest BCUT2D eigenvalue weighted by molar-refractivity contribution is 0.224. The van der Waals surface area contributed by atoms with E-state index in [9.17, 15) is 13.2 Å². The van der Waals surface area contributed by atoms with Gasteiger partial charge in [0.2, 0.25) is 0 Å². The summed E-state index contributed by atoms with van der Waals surface area (Å²) in [5.74, 6) is -0.363. The predicted octanol–water partition coefficient (Wildman–Crippen LogP) is 5.46. The highest BCUT2D eigenvalue weighted by Gasteiger charge is 2.27. The molecule has 1 aliphatic carbocycles. The first-order valence-electron chi connectivity index (χ1n) is 8.80. The van der Waals surface area contributed by atoms with Gasteiger partial charge in [-0.1, -0.05) is 30.3 Å². The van der Waals surface area contributed by atoms with E-state index in [1.54, 1.807) is 24.1 Å². The molecule has 3 nitrogen and oxygen atoms in total. The Kier molecular flexibility index (Phi) is 5.20. The summed E-state index contributed by atoms with van der Waals surface area (Å²) >= 11 is 1.74. The molecule has 1 heterocycles. The Labute approximate surface area is 160 Å². The normalized spacial score (nSPS) is 16.4. The van der Waals surface area contributed by atoms with E-state index < -0.39 is 6.43 Å². The Morgan fingerprint density at radius 3 is 2.48 bits per heavy atom. The van der Waals surface area contributed by atoms with E-state index in [4.69, 9.17) is 0 Å². The van der Waals surface area contributed by atoms with Gasteiger partial charge in [0.15, 0.2) is 0 Å². The summed E-state index contributed by atoms with van der Waals surface area (Å²) in [7, 11) is 0. The zero-order valence-electron chi connectivity index (χ0n) is 14.5. The summed E-state index contributed by atoms with van der Waals surface area (Å²) < 4.78 is 42.2. The molecule has 0 unspecified atom stereocenters. The second-order valence-corrected chi connectivity index (χ2v) is 7.92. The van der Waals surface area contributed by atoms with Crippen LogP contribution in [0.25, 0.3) is 0 Å². The molecule has 0 bridgehead atoms. The molecule has 0 saturated heterocycles.